The molecule has 1 aliphatic rings. The third kappa shape index (κ3) is 4.56. The largest absolute Gasteiger partial charge is 0.456 e. The molecule has 134 valence electrons. The minimum atomic E-state index is -0.619. The van der Waals surface area contributed by atoms with Crippen LogP contribution in [0.2, 0.25) is 5.02 Å². The third-order valence-electron chi connectivity index (χ3n) is 3.57. The van der Waals surface area contributed by atoms with E-state index >= 15 is 0 Å². The highest BCUT2D eigenvalue weighted by molar-refractivity contribution is 8.01. The van der Waals surface area contributed by atoms with Gasteiger partial charge in [-0.25, -0.2) is 0 Å². The number of nitrogens with one attached hydrogen (secondary N) is 2. The number of benzene rings is 2. The molecule has 3 rings (SSSR count). The number of fused-ring (bicyclic) bond motifs is 1. The summed E-state index contributed by atoms with van der Waals surface area (Å²) in [6.07, 6.45) is -0.121. The van der Waals surface area contributed by atoms with Gasteiger partial charge < -0.3 is 15.4 Å². The maximum atomic E-state index is 12.1. The normalized spacial score (nSPS) is 15.6. The Morgan fingerprint density at radius 2 is 1.88 bits per heavy atom. The van der Waals surface area contributed by atoms with E-state index in [0.717, 1.165) is 10.6 Å². The van der Waals surface area contributed by atoms with E-state index in [1.165, 1.54) is 11.8 Å². The summed E-state index contributed by atoms with van der Waals surface area (Å²) in [4.78, 5) is 36.8. The van der Waals surface area contributed by atoms with E-state index in [0.29, 0.717) is 10.7 Å². The summed E-state index contributed by atoms with van der Waals surface area (Å²) in [5.74, 6) is -1.38. The Balaban J connectivity index is 1.49. The van der Waals surface area contributed by atoms with Crippen LogP contribution in [0.5, 0.6) is 0 Å². The number of esters is 1. The molecule has 1 aliphatic heterocycles. The Bertz CT molecular complexity index is 859. The van der Waals surface area contributed by atoms with Crippen molar-refractivity contribution in [2.75, 3.05) is 17.2 Å². The zero-order valence-corrected chi connectivity index (χ0v) is 15.1. The van der Waals surface area contributed by atoms with Crippen LogP contribution < -0.4 is 10.6 Å². The van der Waals surface area contributed by atoms with Gasteiger partial charge in [0.2, 0.25) is 5.91 Å². The van der Waals surface area contributed by atoms with E-state index < -0.39 is 23.7 Å². The van der Waals surface area contributed by atoms with Crippen molar-refractivity contribution < 1.29 is 19.1 Å². The van der Waals surface area contributed by atoms with Gasteiger partial charge in [0.1, 0.15) is 0 Å². The number of rotatable bonds is 5. The number of halogens is 1. The Labute approximate surface area is 159 Å². The van der Waals surface area contributed by atoms with Gasteiger partial charge in [0.15, 0.2) is 6.61 Å². The number of hydrogen-bond donors (Lipinski definition) is 2. The van der Waals surface area contributed by atoms with Gasteiger partial charge in [0, 0.05) is 4.90 Å². The fourth-order valence-electron chi connectivity index (χ4n) is 2.33. The minimum Gasteiger partial charge on any atom is -0.456 e. The van der Waals surface area contributed by atoms with Crippen LogP contribution in [0.15, 0.2) is 53.4 Å². The molecule has 26 heavy (non-hydrogen) atoms. The van der Waals surface area contributed by atoms with Gasteiger partial charge >= 0.3 is 5.97 Å². The fourth-order valence-corrected chi connectivity index (χ4v) is 3.61. The highest BCUT2D eigenvalue weighted by Gasteiger charge is 2.29. The summed E-state index contributed by atoms with van der Waals surface area (Å²) < 4.78 is 4.97. The molecule has 0 aliphatic carbocycles. The molecule has 0 saturated heterocycles. The van der Waals surface area contributed by atoms with Gasteiger partial charge in [-0.1, -0.05) is 35.9 Å². The monoisotopic (exact) mass is 390 g/mol. The Morgan fingerprint density at radius 1 is 1.15 bits per heavy atom. The van der Waals surface area contributed by atoms with Gasteiger partial charge in [-0.3, -0.25) is 14.4 Å². The van der Waals surface area contributed by atoms with Crippen molar-refractivity contribution in [2.24, 2.45) is 0 Å². The number of anilines is 2. The van der Waals surface area contributed by atoms with Crippen LogP contribution in [0.25, 0.3) is 0 Å². The lowest BCUT2D eigenvalue weighted by atomic mass is 10.2. The van der Waals surface area contributed by atoms with E-state index in [1.54, 1.807) is 30.3 Å². The summed E-state index contributed by atoms with van der Waals surface area (Å²) in [5, 5.41) is 5.11. The Kier molecular flexibility index (Phi) is 5.80. The number of carbonyl (C=O) groups is 3. The number of para-hydroxylation sites is 2. The van der Waals surface area contributed by atoms with Gasteiger partial charge in [-0.2, -0.15) is 0 Å². The van der Waals surface area contributed by atoms with Crippen molar-refractivity contribution in [1.29, 1.82) is 0 Å². The fraction of sp³-hybridized carbons (Fsp3) is 0.167. The van der Waals surface area contributed by atoms with Crippen LogP contribution in [0, 0.1) is 0 Å². The quantitative estimate of drug-likeness (QED) is 0.765. The molecule has 2 N–H and O–H groups in total. The lowest BCUT2D eigenvalue weighted by Crippen LogP contribution is -2.32. The predicted octanol–water partition coefficient (Wildman–Crippen LogP) is 3.32. The second-order valence-electron chi connectivity index (χ2n) is 5.48. The van der Waals surface area contributed by atoms with Crippen molar-refractivity contribution in [3.05, 3.63) is 53.6 Å². The second kappa shape index (κ2) is 8.25. The lowest BCUT2D eigenvalue weighted by Gasteiger charge is -2.23. The van der Waals surface area contributed by atoms with Crippen LogP contribution in [0.3, 0.4) is 0 Å². The highest BCUT2D eigenvalue weighted by Crippen LogP contribution is 2.36. The van der Waals surface area contributed by atoms with Crippen molar-refractivity contribution in [3.8, 4) is 0 Å². The maximum absolute atomic E-state index is 12.1. The molecule has 1 atom stereocenters. The summed E-state index contributed by atoms with van der Waals surface area (Å²) in [5.41, 5.74) is 1.17. The zero-order valence-electron chi connectivity index (χ0n) is 13.5. The molecule has 0 radical (unpaired) electrons. The number of ether oxygens (including phenoxy) is 1. The molecule has 6 nitrogen and oxygen atoms in total. The summed E-state index contributed by atoms with van der Waals surface area (Å²) >= 11 is 7.25. The van der Waals surface area contributed by atoms with Gasteiger partial charge in [-0.05, 0) is 24.3 Å². The van der Waals surface area contributed by atoms with Crippen molar-refractivity contribution >= 4 is 52.5 Å². The molecule has 1 heterocycles. The van der Waals surface area contributed by atoms with Gasteiger partial charge in [0.05, 0.1) is 28.1 Å². The smallest absolute Gasteiger partial charge is 0.307 e. The minimum absolute atomic E-state index is 0.121. The SMILES string of the molecule is O=C(COC(=O)C[C@H]1Sc2ccccc2NC1=O)Nc1ccccc1Cl. The molecule has 0 aromatic heterocycles. The number of hydrogen-bond acceptors (Lipinski definition) is 5. The first kappa shape index (κ1) is 18.3. The summed E-state index contributed by atoms with van der Waals surface area (Å²) in [6.45, 7) is -0.445. The molecule has 0 unspecified atom stereocenters. The van der Waals surface area contributed by atoms with Crippen LogP contribution in [0.1, 0.15) is 6.42 Å². The standard InChI is InChI=1S/C18H15ClN2O4S/c19-11-5-1-2-6-12(11)20-16(22)10-25-17(23)9-15-18(24)21-13-7-3-4-8-14(13)26-15/h1-8,15H,9-10H2,(H,20,22)(H,21,24)/t15-/m1/s1. The first-order valence-electron chi connectivity index (χ1n) is 7.79. The van der Waals surface area contributed by atoms with Crippen LogP contribution in [-0.4, -0.2) is 29.6 Å². The van der Waals surface area contributed by atoms with E-state index in [1.807, 2.05) is 18.2 Å². The summed E-state index contributed by atoms with van der Waals surface area (Å²) in [7, 11) is 0. The maximum Gasteiger partial charge on any atom is 0.307 e. The van der Waals surface area contributed by atoms with Crippen molar-refractivity contribution in [3.63, 3.8) is 0 Å². The van der Waals surface area contributed by atoms with E-state index in [4.69, 9.17) is 16.3 Å². The van der Waals surface area contributed by atoms with Crippen LogP contribution in [-0.2, 0) is 19.1 Å². The summed E-state index contributed by atoms with van der Waals surface area (Å²) in [6, 6.07) is 14.1. The zero-order chi connectivity index (χ0) is 18.5. The highest BCUT2D eigenvalue weighted by atomic mass is 35.5. The molecule has 0 spiro atoms. The van der Waals surface area contributed by atoms with E-state index in [9.17, 15) is 14.4 Å². The molecular weight excluding hydrogens is 376 g/mol. The first-order chi connectivity index (χ1) is 12.5. The molecule has 2 aromatic carbocycles. The Hall–Kier alpha value is -2.51. The number of carbonyl (C=O) groups excluding carboxylic acids is 3. The Morgan fingerprint density at radius 3 is 2.69 bits per heavy atom. The van der Waals surface area contributed by atoms with Crippen LogP contribution >= 0.6 is 23.4 Å². The molecule has 0 bridgehead atoms. The van der Waals surface area contributed by atoms with E-state index in [2.05, 4.69) is 10.6 Å². The topological polar surface area (TPSA) is 84.5 Å². The van der Waals surface area contributed by atoms with Crippen molar-refractivity contribution in [1.82, 2.24) is 0 Å². The first-order valence-corrected chi connectivity index (χ1v) is 9.05. The molecule has 0 fully saturated rings. The molecule has 0 saturated carbocycles. The average molecular weight is 391 g/mol. The molecule has 2 amide bonds. The average Bonchev–Trinajstić information content (AvgIpc) is 2.62. The van der Waals surface area contributed by atoms with Gasteiger partial charge in [-0.15, -0.1) is 11.8 Å². The van der Waals surface area contributed by atoms with E-state index in [-0.39, 0.29) is 12.3 Å². The molecule has 8 heteroatoms. The molecule has 2 aromatic rings. The van der Waals surface area contributed by atoms with Crippen LogP contribution in [0.4, 0.5) is 11.4 Å². The molecular formula is C18H15ClN2O4S. The predicted molar refractivity (Wildman–Crippen MR) is 100 cm³/mol. The second-order valence-corrected chi connectivity index (χ2v) is 7.14. The lowest BCUT2D eigenvalue weighted by molar-refractivity contribution is -0.147. The number of thioether (sulfide) groups is 1. The van der Waals surface area contributed by atoms with Gasteiger partial charge in [0.25, 0.3) is 5.91 Å². The number of amides is 2. The third-order valence-corrected chi connectivity index (χ3v) is 5.18. The van der Waals surface area contributed by atoms with Crippen molar-refractivity contribution in [2.45, 2.75) is 16.6 Å².